The monoisotopic (exact) mass is 272 g/mol. The summed E-state index contributed by atoms with van der Waals surface area (Å²) in [5.74, 6) is 0.558. The molecule has 17 heavy (non-hydrogen) atoms. The number of anilines is 1. The Kier molecular flexibility index (Phi) is 4.12. The summed E-state index contributed by atoms with van der Waals surface area (Å²) in [5.41, 5.74) is 0. The van der Waals surface area contributed by atoms with Crippen molar-refractivity contribution in [2.75, 3.05) is 23.7 Å². The van der Waals surface area contributed by atoms with Crippen molar-refractivity contribution >= 4 is 35.1 Å². The van der Waals surface area contributed by atoms with E-state index in [0.717, 1.165) is 23.8 Å². The van der Waals surface area contributed by atoms with Crippen molar-refractivity contribution in [3.8, 4) is 0 Å². The molecule has 0 saturated carbocycles. The number of aliphatic carboxylic acids is 1. The smallest absolute Gasteiger partial charge is 0.304 e. The molecule has 2 rings (SSSR count). The van der Waals surface area contributed by atoms with E-state index in [0.29, 0.717) is 10.8 Å². The molecule has 2 heterocycles. The van der Waals surface area contributed by atoms with Crippen LogP contribution in [0.4, 0.5) is 5.82 Å². The number of carboxylic acid groups (broad SMARTS) is 1. The van der Waals surface area contributed by atoms with Gasteiger partial charge in [-0.2, -0.15) is 0 Å². The molecule has 1 aromatic heterocycles. The predicted molar refractivity (Wildman–Crippen MR) is 69.1 cm³/mol. The molecule has 1 fully saturated rings. The summed E-state index contributed by atoms with van der Waals surface area (Å²) in [7, 11) is 0. The van der Waals surface area contributed by atoms with E-state index in [1.165, 1.54) is 18.2 Å². The number of hydrogen-bond donors (Lipinski definition) is 1. The summed E-state index contributed by atoms with van der Waals surface area (Å²) in [6, 6.07) is 1.83. The Morgan fingerprint density at radius 2 is 2.35 bits per heavy atom. The Balaban J connectivity index is 2.03. The Morgan fingerprint density at radius 3 is 2.94 bits per heavy atom. The second-order valence-corrected chi connectivity index (χ2v) is 5.29. The van der Waals surface area contributed by atoms with Crippen LogP contribution in [-0.4, -0.2) is 34.9 Å². The Labute approximate surface area is 109 Å². The molecule has 0 spiro atoms. The molecular weight excluding hydrogens is 260 g/mol. The molecule has 1 aliphatic heterocycles. The molecule has 4 nitrogen and oxygen atoms in total. The molecule has 0 atom stereocenters. The zero-order valence-corrected chi connectivity index (χ0v) is 10.8. The molecule has 1 aromatic rings. The molecule has 0 unspecified atom stereocenters. The summed E-state index contributed by atoms with van der Waals surface area (Å²) < 4.78 is 0. The third-order valence-electron chi connectivity index (χ3n) is 2.56. The highest BCUT2D eigenvalue weighted by Crippen LogP contribution is 2.35. The lowest BCUT2D eigenvalue weighted by molar-refractivity contribution is -0.136. The standard InChI is InChI=1S/C11H13ClN2O2S/c12-10-8(17-7-3-9(15)16)2-4-13-11(10)14-5-1-6-14/h2,4H,1,3,5-7H2,(H,15,16). The quantitative estimate of drug-likeness (QED) is 0.835. The van der Waals surface area contributed by atoms with Gasteiger partial charge in [0.15, 0.2) is 0 Å². The third-order valence-corrected chi connectivity index (χ3v) is 4.11. The fourth-order valence-electron chi connectivity index (χ4n) is 1.52. The maximum atomic E-state index is 10.4. The molecule has 0 radical (unpaired) electrons. The summed E-state index contributed by atoms with van der Waals surface area (Å²) in [4.78, 5) is 17.7. The number of pyridine rings is 1. The van der Waals surface area contributed by atoms with Gasteiger partial charge < -0.3 is 10.0 Å². The fourth-order valence-corrected chi connectivity index (χ4v) is 2.79. The largest absolute Gasteiger partial charge is 0.481 e. The van der Waals surface area contributed by atoms with Crippen LogP contribution in [0, 0.1) is 0 Å². The van der Waals surface area contributed by atoms with E-state index in [1.54, 1.807) is 6.20 Å². The maximum Gasteiger partial charge on any atom is 0.304 e. The average molecular weight is 273 g/mol. The van der Waals surface area contributed by atoms with Crippen LogP contribution < -0.4 is 4.90 Å². The fraction of sp³-hybridized carbons (Fsp3) is 0.455. The van der Waals surface area contributed by atoms with Crippen LogP contribution in [0.25, 0.3) is 0 Å². The second kappa shape index (κ2) is 5.60. The van der Waals surface area contributed by atoms with Gasteiger partial charge >= 0.3 is 5.97 Å². The van der Waals surface area contributed by atoms with Gasteiger partial charge in [-0.1, -0.05) is 11.6 Å². The molecule has 0 aliphatic carbocycles. The summed E-state index contributed by atoms with van der Waals surface area (Å²) in [6.07, 6.45) is 3.04. The van der Waals surface area contributed by atoms with Crippen LogP contribution in [0.5, 0.6) is 0 Å². The zero-order valence-electron chi connectivity index (χ0n) is 9.23. The third kappa shape index (κ3) is 3.04. The van der Waals surface area contributed by atoms with E-state index in [1.807, 2.05) is 6.07 Å². The maximum absolute atomic E-state index is 10.4. The highest BCUT2D eigenvalue weighted by molar-refractivity contribution is 7.99. The Bertz CT molecular complexity index is 424. The number of thioether (sulfide) groups is 1. The van der Waals surface area contributed by atoms with Gasteiger partial charge in [0.25, 0.3) is 0 Å². The highest BCUT2D eigenvalue weighted by Gasteiger charge is 2.20. The molecule has 1 aliphatic rings. The highest BCUT2D eigenvalue weighted by atomic mass is 35.5. The average Bonchev–Trinajstić information content (AvgIpc) is 2.20. The first-order chi connectivity index (χ1) is 8.18. The van der Waals surface area contributed by atoms with E-state index in [4.69, 9.17) is 16.7 Å². The van der Waals surface area contributed by atoms with Crippen LogP contribution in [-0.2, 0) is 4.79 Å². The van der Waals surface area contributed by atoms with Gasteiger partial charge in [0.2, 0.25) is 0 Å². The number of carboxylic acids is 1. The van der Waals surface area contributed by atoms with Crippen LogP contribution in [0.2, 0.25) is 5.02 Å². The Hall–Kier alpha value is -0.940. The molecular formula is C11H13ClN2O2S. The van der Waals surface area contributed by atoms with Crippen molar-refractivity contribution < 1.29 is 9.90 Å². The lowest BCUT2D eigenvalue weighted by Gasteiger charge is -2.32. The zero-order chi connectivity index (χ0) is 12.3. The molecule has 0 aromatic carbocycles. The van der Waals surface area contributed by atoms with Gasteiger partial charge in [-0.25, -0.2) is 4.98 Å². The molecule has 1 N–H and O–H groups in total. The summed E-state index contributed by atoms with van der Waals surface area (Å²) in [5, 5.41) is 9.23. The normalized spacial score (nSPS) is 14.5. The van der Waals surface area contributed by atoms with E-state index >= 15 is 0 Å². The summed E-state index contributed by atoms with van der Waals surface area (Å²) in [6.45, 7) is 1.99. The van der Waals surface area contributed by atoms with Crippen molar-refractivity contribution in [2.45, 2.75) is 17.7 Å². The van der Waals surface area contributed by atoms with Crippen LogP contribution >= 0.6 is 23.4 Å². The second-order valence-electron chi connectivity index (χ2n) is 3.78. The summed E-state index contributed by atoms with van der Waals surface area (Å²) >= 11 is 7.72. The van der Waals surface area contributed by atoms with Crippen molar-refractivity contribution in [3.63, 3.8) is 0 Å². The first-order valence-electron chi connectivity index (χ1n) is 5.42. The van der Waals surface area contributed by atoms with E-state index in [9.17, 15) is 4.79 Å². The number of rotatable bonds is 5. The Morgan fingerprint density at radius 1 is 1.59 bits per heavy atom. The van der Waals surface area contributed by atoms with Gasteiger partial charge in [-0.3, -0.25) is 4.79 Å². The van der Waals surface area contributed by atoms with Crippen molar-refractivity contribution in [1.82, 2.24) is 4.98 Å². The van der Waals surface area contributed by atoms with Gasteiger partial charge in [0.05, 0.1) is 11.4 Å². The number of carbonyl (C=O) groups is 1. The lowest BCUT2D eigenvalue weighted by Crippen LogP contribution is -2.37. The SMILES string of the molecule is O=C(O)CCSc1ccnc(N2CCC2)c1Cl. The van der Waals surface area contributed by atoms with Gasteiger partial charge in [0, 0.05) is 29.9 Å². The van der Waals surface area contributed by atoms with Crippen molar-refractivity contribution in [2.24, 2.45) is 0 Å². The minimum atomic E-state index is -0.786. The number of aromatic nitrogens is 1. The van der Waals surface area contributed by atoms with Gasteiger partial charge in [0.1, 0.15) is 5.82 Å². The van der Waals surface area contributed by atoms with Crippen LogP contribution in [0.3, 0.4) is 0 Å². The topological polar surface area (TPSA) is 53.4 Å². The van der Waals surface area contributed by atoms with Crippen LogP contribution in [0.15, 0.2) is 17.2 Å². The molecule has 92 valence electrons. The molecule has 0 amide bonds. The first-order valence-corrected chi connectivity index (χ1v) is 6.79. The number of nitrogens with zero attached hydrogens (tertiary/aromatic N) is 2. The minimum absolute atomic E-state index is 0.141. The predicted octanol–water partition coefficient (Wildman–Crippen LogP) is 2.51. The van der Waals surface area contributed by atoms with Crippen molar-refractivity contribution in [1.29, 1.82) is 0 Å². The van der Waals surface area contributed by atoms with E-state index in [-0.39, 0.29) is 6.42 Å². The van der Waals surface area contributed by atoms with E-state index < -0.39 is 5.97 Å². The number of halogens is 1. The first kappa shape index (κ1) is 12.5. The number of hydrogen-bond acceptors (Lipinski definition) is 4. The van der Waals surface area contributed by atoms with E-state index in [2.05, 4.69) is 9.88 Å². The molecule has 1 saturated heterocycles. The molecule has 6 heteroatoms. The molecule has 0 bridgehead atoms. The minimum Gasteiger partial charge on any atom is -0.481 e. The van der Waals surface area contributed by atoms with Crippen molar-refractivity contribution in [3.05, 3.63) is 17.3 Å². The van der Waals surface area contributed by atoms with Gasteiger partial charge in [-0.15, -0.1) is 11.8 Å². The van der Waals surface area contributed by atoms with Crippen LogP contribution in [0.1, 0.15) is 12.8 Å². The lowest BCUT2D eigenvalue weighted by atomic mass is 10.2. The van der Waals surface area contributed by atoms with Gasteiger partial charge in [-0.05, 0) is 12.5 Å².